The molecule has 0 aliphatic carbocycles. The Morgan fingerprint density at radius 3 is 2.61 bits per heavy atom. The minimum absolute atomic E-state index is 0.289. The second-order valence-electron chi connectivity index (χ2n) is 5.38. The molecule has 120 valence electrons. The van der Waals surface area contributed by atoms with Crippen LogP contribution in [-0.2, 0) is 9.84 Å². The number of hydrazone groups is 1. The molecule has 1 N–H and O–H groups in total. The maximum Gasteiger partial charge on any atom is 0.182 e. The van der Waals surface area contributed by atoms with E-state index in [4.69, 9.17) is 11.6 Å². The van der Waals surface area contributed by atoms with Gasteiger partial charge >= 0.3 is 0 Å². The second kappa shape index (κ2) is 6.26. The van der Waals surface area contributed by atoms with Crippen LogP contribution in [0.25, 0.3) is 0 Å². The van der Waals surface area contributed by atoms with E-state index in [1.54, 1.807) is 25.1 Å². The molecule has 0 saturated carbocycles. The van der Waals surface area contributed by atoms with Crippen LogP contribution in [0.2, 0.25) is 5.02 Å². The smallest absolute Gasteiger partial charge is 0.182 e. The number of hydrogen-bond donors (Lipinski definition) is 1. The highest BCUT2D eigenvalue weighted by Crippen LogP contribution is 2.32. The average Bonchev–Trinajstić information content (AvgIpc) is 2.51. The average molecular weight is 414 g/mol. The number of sulfone groups is 1. The number of hydrogen-bond acceptors (Lipinski definition) is 4. The molecule has 0 saturated heterocycles. The summed E-state index contributed by atoms with van der Waals surface area (Å²) in [6.07, 6.45) is 0.346. The summed E-state index contributed by atoms with van der Waals surface area (Å²) in [5.74, 6) is 0. The van der Waals surface area contributed by atoms with Crippen LogP contribution < -0.4 is 5.43 Å². The molecule has 0 amide bonds. The summed E-state index contributed by atoms with van der Waals surface area (Å²) in [6.45, 7) is 1.70. The topological polar surface area (TPSA) is 58.5 Å². The van der Waals surface area contributed by atoms with Crippen molar-refractivity contribution in [1.29, 1.82) is 0 Å². The lowest BCUT2D eigenvalue weighted by Crippen LogP contribution is -2.30. The summed E-state index contributed by atoms with van der Waals surface area (Å²) in [6, 6.07) is 12.4. The van der Waals surface area contributed by atoms with Crippen molar-refractivity contribution in [2.45, 2.75) is 23.5 Å². The highest BCUT2D eigenvalue weighted by atomic mass is 79.9. The van der Waals surface area contributed by atoms with Gasteiger partial charge in [0.15, 0.2) is 9.84 Å². The van der Waals surface area contributed by atoms with Gasteiger partial charge in [-0.2, -0.15) is 5.10 Å². The maximum absolute atomic E-state index is 12.4. The molecule has 23 heavy (non-hydrogen) atoms. The van der Waals surface area contributed by atoms with E-state index in [0.29, 0.717) is 22.7 Å². The molecule has 1 aliphatic rings. The van der Waals surface area contributed by atoms with Gasteiger partial charge < -0.3 is 0 Å². The largest absolute Gasteiger partial charge is 0.278 e. The summed E-state index contributed by atoms with van der Waals surface area (Å²) in [7, 11) is -3.33. The quantitative estimate of drug-likeness (QED) is 0.738. The summed E-state index contributed by atoms with van der Waals surface area (Å²) in [4.78, 5) is 0.289. The SMILES string of the molecule is C[C@@H]1C/C(=N/Nc2ccc(Br)cc2)c2cc(Cl)ccc2S1(=O)=O. The van der Waals surface area contributed by atoms with Gasteiger partial charge in [-0.3, -0.25) is 5.43 Å². The monoisotopic (exact) mass is 412 g/mol. The predicted molar refractivity (Wildman–Crippen MR) is 97.0 cm³/mol. The Hall–Kier alpha value is -1.37. The molecule has 3 rings (SSSR count). The van der Waals surface area contributed by atoms with Gasteiger partial charge in [0.1, 0.15) is 0 Å². The van der Waals surface area contributed by atoms with Gasteiger partial charge in [-0.25, -0.2) is 8.42 Å². The fraction of sp³-hybridized carbons (Fsp3) is 0.188. The van der Waals surface area contributed by atoms with Gasteiger partial charge in [0.25, 0.3) is 0 Å². The zero-order valence-corrected chi connectivity index (χ0v) is 15.4. The fourth-order valence-corrected chi connectivity index (χ4v) is 4.44. The molecule has 7 heteroatoms. The summed E-state index contributed by atoms with van der Waals surface area (Å²) in [5, 5.41) is 4.39. The molecule has 1 aliphatic heterocycles. The van der Waals surface area contributed by atoms with Crippen LogP contribution in [0.5, 0.6) is 0 Å². The third kappa shape index (κ3) is 3.29. The lowest BCUT2D eigenvalue weighted by atomic mass is 10.1. The Kier molecular flexibility index (Phi) is 4.49. The van der Waals surface area contributed by atoms with Crippen LogP contribution in [-0.4, -0.2) is 19.4 Å². The Morgan fingerprint density at radius 1 is 1.22 bits per heavy atom. The molecule has 0 unspecified atom stereocenters. The molecule has 2 aromatic rings. The number of benzene rings is 2. The van der Waals surface area contributed by atoms with Crippen molar-refractivity contribution in [1.82, 2.24) is 0 Å². The molecule has 1 atom stereocenters. The number of rotatable bonds is 2. The highest BCUT2D eigenvalue weighted by molar-refractivity contribution is 9.10. The van der Waals surface area contributed by atoms with Crippen LogP contribution in [0.1, 0.15) is 18.9 Å². The van der Waals surface area contributed by atoms with Crippen LogP contribution in [0.3, 0.4) is 0 Å². The first-order valence-electron chi connectivity index (χ1n) is 7.00. The standard InChI is InChI=1S/C16H14BrClN2O2S/c1-10-8-15(20-19-13-5-2-11(17)3-6-13)14-9-12(18)4-7-16(14)23(10,21)22/h2-7,9-10,19H,8H2,1H3/b20-15-/t10-/m1/s1. The Labute approximate surface area is 148 Å². The first-order chi connectivity index (χ1) is 10.9. The summed E-state index contributed by atoms with van der Waals surface area (Å²) in [5.41, 5.74) is 5.06. The Bertz CT molecular complexity index is 879. The third-order valence-corrected chi connectivity index (χ3v) is 6.69. The Balaban J connectivity index is 2.01. The van der Waals surface area contributed by atoms with Crippen molar-refractivity contribution < 1.29 is 8.42 Å². The second-order valence-corrected chi connectivity index (χ2v) is 9.06. The number of anilines is 1. The first-order valence-corrected chi connectivity index (χ1v) is 9.71. The van der Waals surface area contributed by atoms with E-state index in [-0.39, 0.29) is 4.90 Å². The van der Waals surface area contributed by atoms with Crippen LogP contribution >= 0.6 is 27.5 Å². The normalized spacial score (nSPS) is 21.0. The van der Waals surface area contributed by atoms with E-state index in [2.05, 4.69) is 26.5 Å². The molecule has 4 nitrogen and oxygen atoms in total. The van der Waals surface area contributed by atoms with E-state index in [1.165, 1.54) is 0 Å². The van der Waals surface area contributed by atoms with Crippen molar-refractivity contribution in [3.8, 4) is 0 Å². The summed E-state index contributed by atoms with van der Waals surface area (Å²) >= 11 is 9.41. The molecular formula is C16H14BrClN2O2S. The van der Waals surface area contributed by atoms with E-state index in [0.717, 1.165) is 10.2 Å². The van der Waals surface area contributed by atoms with Crippen molar-refractivity contribution in [2.24, 2.45) is 5.10 Å². The van der Waals surface area contributed by atoms with Crippen molar-refractivity contribution in [2.75, 3.05) is 5.43 Å². The summed E-state index contributed by atoms with van der Waals surface area (Å²) < 4.78 is 25.9. The molecule has 0 radical (unpaired) electrons. The lowest BCUT2D eigenvalue weighted by Gasteiger charge is -2.23. The van der Waals surface area contributed by atoms with Crippen molar-refractivity contribution in [3.05, 3.63) is 57.5 Å². The fourth-order valence-electron chi connectivity index (χ4n) is 2.45. The van der Waals surface area contributed by atoms with Crippen LogP contribution in [0.15, 0.2) is 56.9 Å². The van der Waals surface area contributed by atoms with E-state index < -0.39 is 15.1 Å². The molecule has 1 heterocycles. The Morgan fingerprint density at radius 2 is 1.91 bits per heavy atom. The van der Waals surface area contributed by atoms with Crippen molar-refractivity contribution in [3.63, 3.8) is 0 Å². The van der Waals surface area contributed by atoms with Gasteiger partial charge in [-0.1, -0.05) is 27.5 Å². The minimum Gasteiger partial charge on any atom is -0.278 e. The molecule has 2 aromatic carbocycles. The zero-order chi connectivity index (χ0) is 16.6. The zero-order valence-electron chi connectivity index (χ0n) is 12.3. The predicted octanol–water partition coefficient (Wildman–Crippen LogP) is 4.48. The first kappa shape index (κ1) is 16.5. The van der Waals surface area contributed by atoms with Gasteiger partial charge in [0, 0.05) is 21.5 Å². The van der Waals surface area contributed by atoms with Gasteiger partial charge in [-0.15, -0.1) is 0 Å². The lowest BCUT2D eigenvalue weighted by molar-refractivity contribution is 0.582. The van der Waals surface area contributed by atoms with Crippen molar-refractivity contribution >= 4 is 48.8 Å². The molecular weight excluding hydrogens is 400 g/mol. The molecule has 0 fully saturated rings. The number of halogens is 2. The van der Waals surface area contributed by atoms with Crippen LogP contribution in [0.4, 0.5) is 5.69 Å². The maximum atomic E-state index is 12.4. The highest BCUT2D eigenvalue weighted by Gasteiger charge is 2.34. The molecule has 0 aromatic heterocycles. The van der Waals surface area contributed by atoms with E-state index >= 15 is 0 Å². The van der Waals surface area contributed by atoms with E-state index in [9.17, 15) is 8.42 Å². The van der Waals surface area contributed by atoms with Gasteiger partial charge in [-0.05, 0) is 49.4 Å². The third-order valence-electron chi connectivity index (χ3n) is 3.73. The molecule has 0 bridgehead atoms. The number of fused-ring (bicyclic) bond motifs is 1. The van der Waals surface area contributed by atoms with E-state index in [1.807, 2.05) is 24.3 Å². The van der Waals surface area contributed by atoms with Gasteiger partial charge in [0.2, 0.25) is 0 Å². The number of nitrogens with one attached hydrogen (secondary N) is 1. The van der Waals surface area contributed by atoms with Crippen LogP contribution in [0, 0.1) is 0 Å². The number of nitrogens with zero attached hydrogens (tertiary/aromatic N) is 1. The van der Waals surface area contributed by atoms with Gasteiger partial charge in [0.05, 0.1) is 21.5 Å². The molecule has 0 spiro atoms. The minimum atomic E-state index is -3.33.